The van der Waals surface area contributed by atoms with Gasteiger partial charge in [-0.25, -0.2) is 4.79 Å². The van der Waals surface area contributed by atoms with Crippen molar-refractivity contribution < 1.29 is 9.53 Å². The summed E-state index contributed by atoms with van der Waals surface area (Å²) in [5.74, 6) is 0.111. The van der Waals surface area contributed by atoms with Crippen LogP contribution in [0.25, 0.3) is 10.9 Å². The van der Waals surface area contributed by atoms with Crippen molar-refractivity contribution in [3.05, 3.63) is 71.4 Å². The molecule has 0 unspecified atom stereocenters. The van der Waals surface area contributed by atoms with E-state index in [0.29, 0.717) is 18.1 Å². The molecule has 1 aliphatic rings. The maximum Gasteiger partial charge on any atom is 0.341 e. The Morgan fingerprint density at radius 2 is 1.81 bits per heavy atom. The summed E-state index contributed by atoms with van der Waals surface area (Å²) in [6.07, 6.45) is 1.68. The van der Waals surface area contributed by atoms with E-state index in [-0.39, 0.29) is 5.97 Å². The van der Waals surface area contributed by atoms with Gasteiger partial charge in [-0.2, -0.15) is 0 Å². The van der Waals surface area contributed by atoms with Crippen molar-refractivity contribution in [1.29, 1.82) is 0 Å². The summed E-state index contributed by atoms with van der Waals surface area (Å²) in [5.41, 5.74) is 5.02. The Kier molecular flexibility index (Phi) is 6.52. The smallest absolute Gasteiger partial charge is 0.341 e. The molecule has 3 aromatic rings. The molecule has 0 saturated carbocycles. The second-order valence-electron chi connectivity index (χ2n) is 8.42. The molecule has 2 aromatic carbocycles. The van der Waals surface area contributed by atoms with Gasteiger partial charge in [-0.1, -0.05) is 50.2 Å². The highest BCUT2D eigenvalue weighted by molar-refractivity contribution is 6.05. The molecule has 5 nitrogen and oxygen atoms in total. The monoisotopic (exact) mass is 417 g/mol. The fourth-order valence-corrected chi connectivity index (χ4v) is 4.23. The average Bonchev–Trinajstić information content (AvgIpc) is 2.79. The van der Waals surface area contributed by atoms with Crippen LogP contribution in [0.15, 0.2) is 54.7 Å². The summed E-state index contributed by atoms with van der Waals surface area (Å²) in [7, 11) is 0. The topological polar surface area (TPSA) is 45.7 Å². The third-order valence-corrected chi connectivity index (χ3v) is 5.96. The highest BCUT2D eigenvalue weighted by atomic mass is 16.5. The van der Waals surface area contributed by atoms with E-state index in [1.165, 1.54) is 11.1 Å². The average molecular weight is 418 g/mol. The molecule has 0 amide bonds. The summed E-state index contributed by atoms with van der Waals surface area (Å²) in [5, 5.41) is 1.04. The number of ether oxygens (including phenoxy) is 1. The molecule has 0 aliphatic carbocycles. The van der Waals surface area contributed by atoms with Crippen LogP contribution in [-0.4, -0.2) is 48.6 Å². The predicted molar refractivity (Wildman–Crippen MR) is 126 cm³/mol. The van der Waals surface area contributed by atoms with E-state index < -0.39 is 0 Å². The number of pyridine rings is 1. The summed E-state index contributed by atoms with van der Waals surface area (Å²) in [6.45, 7) is 11.1. The number of hydrogen-bond acceptors (Lipinski definition) is 5. The number of piperazine rings is 1. The van der Waals surface area contributed by atoms with Gasteiger partial charge in [-0.3, -0.25) is 9.88 Å². The molecule has 1 aliphatic heterocycles. The van der Waals surface area contributed by atoms with Crippen LogP contribution >= 0.6 is 0 Å². The van der Waals surface area contributed by atoms with Crippen LogP contribution in [0.2, 0.25) is 0 Å². The lowest BCUT2D eigenvalue weighted by Crippen LogP contribution is -2.46. The number of benzene rings is 2. The van der Waals surface area contributed by atoms with Gasteiger partial charge in [0.15, 0.2) is 0 Å². The van der Waals surface area contributed by atoms with Crippen molar-refractivity contribution in [1.82, 2.24) is 9.88 Å². The maximum atomic E-state index is 12.8. The quantitative estimate of drug-likeness (QED) is 0.536. The molecule has 5 heteroatoms. The minimum absolute atomic E-state index is 0.298. The van der Waals surface area contributed by atoms with Gasteiger partial charge >= 0.3 is 5.97 Å². The lowest BCUT2D eigenvalue weighted by Gasteiger charge is -2.37. The number of carbonyl (C=O) groups excluding carboxylic acids is 1. The van der Waals surface area contributed by atoms with Gasteiger partial charge in [0.25, 0.3) is 0 Å². The normalized spacial score (nSPS) is 14.9. The Morgan fingerprint density at radius 1 is 1.06 bits per heavy atom. The van der Waals surface area contributed by atoms with Gasteiger partial charge in [0.2, 0.25) is 0 Å². The predicted octanol–water partition coefficient (Wildman–Crippen LogP) is 4.86. The van der Waals surface area contributed by atoms with Crippen LogP contribution in [0.3, 0.4) is 0 Å². The van der Waals surface area contributed by atoms with Crippen LogP contribution in [0.1, 0.15) is 48.2 Å². The molecule has 0 N–H and O–H groups in total. The van der Waals surface area contributed by atoms with Crippen LogP contribution in [0.4, 0.5) is 5.69 Å². The van der Waals surface area contributed by atoms with Gasteiger partial charge in [0.05, 0.1) is 17.8 Å². The first-order chi connectivity index (χ1) is 15.1. The van der Waals surface area contributed by atoms with Crippen molar-refractivity contribution in [2.24, 2.45) is 0 Å². The largest absolute Gasteiger partial charge is 0.462 e. The van der Waals surface area contributed by atoms with Crippen LogP contribution in [0, 0.1) is 0 Å². The Hall–Kier alpha value is -2.92. The zero-order valence-electron chi connectivity index (χ0n) is 18.7. The standard InChI is InChI=1S/C26H31N3O2/c1-4-31-26(30)23-17-27-24-11-10-21(19(2)3)16-22(24)25(23)29-14-12-28(13-15-29)18-20-8-6-5-7-9-20/h5-11,16-17,19H,4,12-15,18H2,1-3H3. The van der Waals surface area contributed by atoms with Crippen molar-refractivity contribution in [3.63, 3.8) is 0 Å². The van der Waals surface area contributed by atoms with Crippen LogP contribution < -0.4 is 4.90 Å². The zero-order chi connectivity index (χ0) is 21.8. The highest BCUT2D eigenvalue weighted by Gasteiger charge is 2.25. The minimum atomic E-state index is -0.298. The Balaban J connectivity index is 1.65. The lowest BCUT2D eigenvalue weighted by atomic mass is 9.98. The number of esters is 1. The molecular formula is C26H31N3O2. The van der Waals surface area contributed by atoms with E-state index in [0.717, 1.165) is 49.3 Å². The molecule has 1 aromatic heterocycles. The summed E-state index contributed by atoms with van der Waals surface area (Å²) < 4.78 is 5.37. The molecule has 2 heterocycles. The molecule has 1 saturated heterocycles. The Morgan fingerprint density at radius 3 is 2.48 bits per heavy atom. The number of hydrogen-bond donors (Lipinski definition) is 0. The number of fused-ring (bicyclic) bond motifs is 1. The van der Waals surface area contributed by atoms with E-state index >= 15 is 0 Å². The number of nitrogens with zero attached hydrogens (tertiary/aromatic N) is 3. The maximum absolute atomic E-state index is 12.8. The molecular weight excluding hydrogens is 386 g/mol. The first-order valence-corrected chi connectivity index (χ1v) is 11.2. The summed E-state index contributed by atoms with van der Waals surface area (Å²) in [4.78, 5) is 22.2. The van der Waals surface area contributed by atoms with E-state index in [1.54, 1.807) is 6.20 Å². The minimum Gasteiger partial charge on any atom is -0.462 e. The van der Waals surface area contributed by atoms with Gasteiger partial charge in [-0.05, 0) is 36.1 Å². The van der Waals surface area contributed by atoms with E-state index in [9.17, 15) is 4.79 Å². The zero-order valence-corrected chi connectivity index (χ0v) is 18.7. The molecule has 31 heavy (non-hydrogen) atoms. The highest BCUT2D eigenvalue weighted by Crippen LogP contribution is 2.33. The summed E-state index contributed by atoms with van der Waals surface area (Å²) >= 11 is 0. The second-order valence-corrected chi connectivity index (χ2v) is 8.42. The van der Waals surface area contributed by atoms with Gasteiger partial charge < -0.3 is 9.64 Å². The lowest BCUT2D eigenvalue weighted by molar-refractivity contribution is 0.0526. The first-order valence-electron chi connectivity index (χ1n) is 11.2. The number of carbonyl (C=O) groups is 1. The molecule has 0 atom stereocenters. The van der Waals surface area contributed by atoms with E-state index in [1.807, 2.05) is 6.92 Å². The van der Waals surface area contributed by atoms with Crippen molar-refractivity contribution in [2.75, 3.05) is 37.7 Å². The van der Waals surface area contributed by atoms with Crippen molar-refractivity contribution in [2.45, 2.75) is 33.2 Å². The SMILES string of the molecule is CCOC(=O)c1cnc2ccc(C(C)C)cc2c1N1CCN(Cc2ccccc2)CC1. The van der Waals surface area contributed by atoms with Crippen molar-refractivity contribution in [3.8, 4) is 0 Å². The Bertz CT molecular complexity index is 1040. The molecule has 162 valence electrons. The Labute approximate surface area is 184 Å². The van der Waals surface area contributed by atoms with Gasteiger partial charge in [0, 0.05) is 44.3 Å². The molecule has 1 fully saturated rings. The van der Waals surface area contributed by atoms with Gasteiger partial charge in [0.1, 0.15) is 5.56 Å². The van der Waals surface area contributed by atoms with E-state index in [2.05, 4.69) is 77.2 Å². The number of rotatable bonds is 6. The fraction of sp³-hybridized carbons (Fsp3) is 0.385. The van der Waals surface area contributed by atoms with Crippen LogP contribution in [0.5, 0.6) is 0 Å². The third-order valence-electron chi connectivity index (χ3n) is 5.96. The third kappa shape index (κ3) is 4.72. The first kappa shape index (κ1) is 21.3. The number of anilines is 1. The molecule has 4 rings (SSSR count). The second kappa shape index (κ2) is 9.48. The number of aromatic nitrogens is 1. The molecule has 0 bridgehead atoms. The fourth-order valence-electron chi connectivity index (χ4n) is 4.23. The molecule has 0 radical (unpaired) electrons. The van der Waals surface area contributed by atoms with E-state index in [4.69, 9.17) is 4.74 Å². The van der Waals surface area contributed by atoms with Crippen LogP contribution in [-0.2, 0) is 11.3 Å². The van der Waals surface area contributed by atoms with Gasteiger partial charge in [-0.15, -0.1) is 0 Å². The summed E-state index contributed by atoms with van der Waals surface area (Å²) in [6, 6.07) is 17.0. The molecule has 0 spiro atoms. The van der Waals surface area contributed by atoms with Crippen molar-refractivity contribution >= 4 is 22.6 Å².